The fraction of sp³-hybridized carbons (Fsp3) is 0.231. The summed E-state index contributed by atoms with van der Waals surface area (Å²) in [6, 6.07) is 23.2. The Bertz CT molecular complexity index is 1060. The highest BCUT2D eigenvalue weighted by molar-refractivity contribution is 5.94. The van der Waals surface area contributed by atoms with Gasteiger partial charge in [-0.2, -0.15) is 0 Å². The molecule has 0 aliphatic heterocycles. The summed E-state index contributed by atoms with van der Waals surface area (Å²) in [4.78, 5) is 24.6. The van der Waals surface area contributed by atoms with Crippen LogP contribution in [0.15, 0.2) is 72.8 Å². The molecule has 0 fully saturated rings. The van der Waals surface area contributed by atoms with Crippen molar-refractivity contribution in [3.63, 3.8) is 0 Å². The Morgan fingerprint density at radius 1 is 0.903 bits per heavy atom. The molecule has 1 aliphatic carbocycles. The van der Waals surface area contributed by atoms with Crippen LogP contribution in [0, 0.1) is 0 Å². The number of amides is 2. The van der Waals surface area contributed by atoms with Gasteiger partial charge in [-0.1, -0.05) is 48.5 Å². The van der Waals surface area contributed by atoms with Gasteiger partial charge in [0.05, 0.1) is 13.5 Å². The van der Waals surface area contributed by atoms with Crippen molar-refractivity contribution in [1.82, 2.24) is 10.6 Å². The summed E-state index contributed by atoms with van der Waals surface area (Å²) in [5, 5.41) is 5.95. The molecule has 31 heavy (non-hydrogen) atoms. The first kappa shape index (κ1) is 20.7. The van der Waals surface area contributed by atoms with E-state index in [1.807, 2.05) is 42.5 Å². The third kappa shape index (κ3) is 5.12. The highest BCUT2D eigenvalue weighted by Gasteiger charge is 2.25. The lowest BCUT2D eigenvalue weighted by molar-refractivity contribution is -0.120. The Morgan fingerprint density at radius 3 is 2.32 bits per heavy atom. The second kappa shape index (κ2) is 9.47. The van der Waals surface area contributed by atoms with Crippen molar-refractivity contribution in [2.75, 3.05) is 13.7 Å². The number of nitrogens with one attached hydrogen (secondary N) is 2. The first-order chi connectivity index (χ1) is 15.1. The maximum atomic E-state index is 12.4. The van der Waals surface area contributed by atoms with Crippen LogP contribution in [0.2, 0.25) is 0 Å². The van der Waals surface area contributed by atoms with Gasteiger partial charge in [-0.15, -0.1) is 0 Å². The van der Waals surface area contributed by atoms with E-state index in [1.54, 1.807) is 19.2 Å². The average molecular weight is 415 g/mol. The van der Waals surface area contributed by atoms with Crippen molar-refractivity contribution >= 4 is 11.8 Å². The van der Waals surface area contributed by atoms with E-state index < -0.39 is 0 Å². The fourth-order valence-electron chi connectivity index (χ4n) is 3.83. The molecule has 5 nitrogen and oxygen atoms in total. The van der Waals surface area contributed by atoms with Crippen LogP contribution in [-0.2, 0) is 24.2 Å². The molecule has 0 heterocycles. The molecule has 1 unspecified atom stereocenters. The van der Waals surface area contributed by atoms with E-state index in [9.17, 15) is 9.59 Å². The Labute approximate surface area is 182 Å². The lowest BCUT2D eigenvalue weighted by atomic mass is 9.77. The molecule has 0 aromatic heterocycles. The van der Waals surface area contributed by atoms with Gasteiger partial charge in [0.15, 0.2) is 0 Å². The Balaban J connectivity index is 1.22. The van der Waals surface area contributed by atoms with Crippen LogP contribution in [0.4, 0.5) is 0 Å². The number of hydrogen-bond acceptors (Lipinski definition) is 3. The van der Waals surface area contributed by atoms with Gasteiger partial charge in [0, 0.05) is 24.6 Å². The van der Waals surface area contributed by atoms with Crippen LogP contribution >= 0.6 is 0 Å². The van der Waals surface area contributed by atoms with Crippen LogP contribution in [0.25, 0.3) is 0 Å². The van der Waals surface area contributed by atoms with Crippen molar-refractivity contribution in [1.29, 1.82) is 0 Å². The number of ether oxygens (including phenoxy) is 1. The summed E-state index contributed by atoms with van der Waals surface area (Å²) in [5.74, 6) is 1.05. The Hall–Kier alpha value is -3.60. The van der Waals surface area contributed by atoms with Crippen molar-refractivity contribution < 1.29 is 14.3 Å². The highest BCUT2D eigenvalue weighted by atomic mass is 16.5. The molecule has 0 spiro atoms. The zero-order valence-electron chi connectivity index (χ0n) is 17.6. The normalized spacial score (nSPS) is 14.2. The first-order valence-corrected chi connectivity index (χ1v) is 10.5. The standard InChI is InChI=1S/C26H26N2O3/c1-31-23-12-8-18(9-13-23)14-25(29)27-16-19-6-10-20(11-7-19)26(30)28-17-22-15-21-4-2-3-5-24(21)22/h2-13,22H,14-17H2,1H3,(H,27,29)(H,28,30). The summed E-state index contributed by atoms with van der Waals surface area (Å²) in [7, 11) is 1.62. The van der Waals surface area contributed by atoms with Gasteiger partial charge in [0.25, 0.3) is 5.91 Å². The van der Waals surface area contributed by atoms with Crippen LogP contribution < -0.4 is 15.4 Å². The summed E-state index contributed by atoms with van der Waals surface area (Å²) < 4.78 is 5.13. The lowest BCUT2D eigenvalue weighted by Crippen LogP contribution is -2.33. The highest BCUT2D eigenvalue weighted by Crippen LogP contribution is 2.34. The zero-order chi connectivity index (χ0) is 21.6. The molecule has 1 atom stereocenters. The molecule has 2 amide bonds. The number of carbonyl (C=O) groups is 2. The molecule has 4 rings (SSSR count). The monoisotopic (exact) mass is 414 g/mol. The van der Waals surface area contributed by atoms with Gasteiger partial charge in [-0.25, -0.2) is 0 Å². The van der Waals surface area contributed by atoms with E-state index in [0.717, 1.165) is 23.3 Å². The number of fused-ring (bicyclic) bond motifs is 1. The Morgan fingerprint density at radius 2 is 1.61 bits per heavy atom. The van der Waals surface area contributed by atoms with Crippen LogP contribution in [0.5, 0.6) is 5.75 Å². The minimum absolute atomic E-state index is 0.0484. The Kier molecular flexibility index (Phi) is 6.32. The molecule has 0 saturated heterocycles. The summed E-state index contributed by atoms with van der Waals surface area (Å²) in [6.45, 7) is 1.08. The summed E-state index contributed by atoms with van der Waals surface area (Å²) >= 11 is 0. The second-order valence-electron chi connectivity index (χ2n) is 7.81. The molecular weight excluding hydrogens is 388 g/mol. The summed E-state index contributed by atoms with van der Waals surface area (Å²) in [6.07, 6.45) is 1.33. The smallest absolute Gasteiger partial charge is 0.251 e. The summed E-state index contributed by atoms with van der Waals surface area (Å²) in [5.41, 5.74) is 5.22. The van der Waals surface area contributed by atoms with Crippen molar-refractivity contribution in [3.05, 3.63) is 101 Å². The molecule has 3 aromatic rings. The SMILES string of the molecule is COc1ccc(CC(=O)NCc2ccc(C(=O)NCC3Cc4ccccc43)cc2)cc1. The van der Waals surface area contributed by atoms with E-state index >= 15 is 0 Å². The van der Waals surface area contributed by atoms with E-state index in [0.29, 0.717) is 31.0 Å². The number of rotatable bonds is 8. The van der Waals surface area contributed by atoms with Gasteiger partial charge in [0.2, 0.25) is 5.91 Å². The maximum Gasteiger partial charge on any atom is 0.251 e. The third-order valence-electron chi connectivity index (χ3n) is 5.70. The number of carbonyl (C=O) groups excluding carboxylic acids is 2. The van der Waals surface area contributed by atoms with Crippen LogP contribution in [0.1, 0.15) is 38.5 Å². The molecule has 5 heteroatoms. The predicted molar refractivity (Wildman–Crippen MR) is 120 cm³/mol. The minimum atomic E-state index is -0.0699. The topological polar surface area (TPSA) is 67.4 Å². The van der Waals surface area contributed by atoms with E-state index in [2.05, 4.69) is 28.8 Å². The van der Waals surface area contributed by atoms with E-state index in [4.69, 9.17) is 4.74 Å². The van der Waals surface area contributed by atoms with E-state index in [1.165, 1.54) is 11.1 Å². The van der Waals surface area contributed by atoms with Crippen LogP contribution in [0.3, 0.4) is 0 Å². The molecule has 0 bridgehead atoms. The molecule has 2 N–H and O–H groups in total. The van der Waals surface area contributed by atoms with Crippen molar-refractivity contribution in [3.8, 4) is 5.75 Å². The maximum absolute atomic E-state index is 12.4. The van der Waals surface area contributed by atoms with Gasteiger partial charge >= 0.3 is 0 Å². The lowest BCUT2D eigenvalue weighted by Gasteiger charge is -2.30. The second-order valence-corrected chi connectivity index (χ2v) is 7.81. The van der Waals surface area contributed by atoms with Crippen LogP contribution in [-0.4, -0.2) is 25.5 Å². The first-order valence-electron chi connectivity index (χ1n) is 10.5. The van der Waals surface area contributed by atoms with Crippen molar-refractivity contribution in [2.24, 2.45) is 0 Å². The number of methoxy groups -OCH3 is 1. The zero-order valence-corrected chi connectivity index (χ0v) is 17.6. The molecule has 0 radical (unpaired) electrons. The predicted octanol–water partition coefficient (Wildman–Crippen LogP) is 3.62. The van der Waals surface area contributed by atoms with Crippen molar-refractivity contribution in [2.45, 2.75) is 25.3 Å². The average Bonchev–Trinajstić information content (AvgIpc) is 2.79. The molecule has 158 valence electrons. The third-order valence-corrected chi connectivity index (χ3v) is 5.70. The molecule has 0 saturated carbocycles. The van der Waals surface area contributed by atoms with Gasteiger partial charge in [0.1, 0.15) is 5.75 Å². The largest absolute Gasteiger partial charge is 0.497 e. The quantitative estimate of drug-likeness (QED) is 0.592. The number of benzene rings is 3. The minimum Gasteiger partial charge on any atom is -0.497 e. The molecule has 3 aromatic carbocycles. The fourth-order valence-corrected chi connectivity index (χ4v) is 3.83. The molecular formula is C26H26N2O3. The van der Waals surface area contributed by atoms with E-state index in [-0.39, 0.29) is 11.8 Å². The number of hydrogen-bond donors (Lipinski definition) is 2. The van der Waals surface area contributed by atoms with Gasteiger partial charge in [-0.05, 0) is 52.9 Å². The van der Waals surface area contributed by atoms with Gasteiger partial charge in [-0.3, -0.25) is 9.59 Å². The molecule has 1 aliphatic rings. The van der Waals surface area contributed by atoms with Gasteiger partial charge < -0.3 is 15.4 Å².